The van der Waals surface area contributed by atoms with Crippen molar-refractivity contribution in [2.75, 3.05) is 45.7 Å². The van der Waals surface area contributed by atoms with E-state index >= 15 is 0 Å². The van der Waals surface area contributed by atoms with Crippen molar-refractivity contribution in [2.45, 2.75) is 45.1 Å². The number of amidine groups is 1. The summed E-state index contributed by atoms with van der Waals surface area (Å²) < 4.78 is 19.3. The van der Waals surface area contributed by atoms with Crippen LogP contribution < -0.4 is 5.32 Å². The lowest BCUT2D eigenvalue weighted by Gasteiger charge is -2.41. The molecule has 0 bridgehead atoms. The highest BCUT2D eigenvalue weighted by molar-refractivity contribution is 6.08. The first-order chi connectivity index (χ1) is 18.1. The normalized spacial score (nSPS) is 16.8. The summed E-state index contributed by atoms with van der Waals surface area (Å²) in [6.07, 6.45) is 0.389. The van der Waals surface area contributed by atoms with Crippen LogP contribution in [-0.4, -0.2) is 84.2 Å². The Balaban J connectivity index is 0.000000436. The molecule has 10 heteroatoms. The Kier molecular flexibility index (Phi) is 10.2. The molecule has 9 nitrogen and oxygen atoms in total. The molecule has 1 saturated heterocycles. The SMILES string of the molecule is COCC[C@H]1CN(C2=Nc3ccc(F)cc3Nc3ccc(C(C)C)cc32)CCN1C.O=C(O)CCC(=O)O. The molecule has 2 aromatic carbocycles. The largest absolute Gasteiger partial charge is 0.481 e. The molecule has 4 rings (SSSR count). The van der Waals surface area contributed by atoms with E-state index in [-0.39, 0.29) is 18.7 Å². The number of aliphatic imine (C=N–C) groups is 1. The fraction of sp³-hybridized carbons (Fsp3) is 0.464. The minimum absolute atomic E-state index is 0.264. The molecule has 0 radical (unpaired) electrons. The van der Waals surface area contributed by atoms with Crippen molar-refractivity contribution in [2.24, 2.45) is 4.99 Å². The highest BCUT2D eigenvalue weighted by atomic mass is 19.1. The maximum atomic E-state index is 13.9. The number of ether oxygens (including phenoxy) is 1. The van der Waals surface area contributed by atoms with E-state index in [1.165, 1.54) is 17.7 Å². The molecule has 1 atom stereocenters. The molecule has 2 heterocycles. The Labute approximate surface area is 222 Å². The van der Waals surface area contributed by atoms with Gasteiger partial charge in [-0.15, -0.1) is 0 Å². The molecule has 0 saturated carbocycles. The predicted molar refractivity (Wildman–Crippen MR) is 145 cm³/mol. The van der Waals surface area contributed by atoms with E-state index in [1.54, 1.807) is 13.2 Å². The van der Waals surface area contributed by atoms with E-state index in [1.807, 2.05) is 0 Å². The highest BCUT2D eigenvalue weighted by Gasteiger charge is 2.29. The van der Waals surface area contributed by atoms with E-state index in [2.05, 4.69) is 54.2 Å². The average molecular weight is 529 g/mol. The number of methoxy groups -OCH3 is 1. The van der Waals surface area contributed by atoms with Crippen molar-refractivity contribution < 1.29 is 28.9 Å². The number of halogens is 1. The van der Waals surface area contributed by atoms with Gasteiger partial charge in [0.05, 0.1) is 24.2 Å². The van der Waals surface area contributed by atoms with Gasteiger partial charge in [-0.25, -0.2) is 9.38 Å². The number of hydrogen-bond donors (Lipinski definition) is 3. The van der Waals surface area contributed by atoms with E-state index < -0.39 is 11.9 Å². The molecule has 0 aliphatic carbocycles. The number of piperazine rings is 1. The molecular weight excluding hydrogens is 491 g/mol. The zero-order valence-corrected chi connectivity index (χ0v) is 22.4. The van der Waals surface area contributed by atoms with Crippen LogP contribution in [0.2, 0.25) is 0 Å². The van der Waals surface area contributed by atoms with Gasteiger partial charge in [-0.2, -0.15) is 0 Å². The second-order valence-corrected chi connectivity index (χ2v) is 9.83. The second kappa shape index (κ2) is 13.3. The van der Waals surface area contributed by atoms with Crippen LogP contribution in [0.5, 0.6) is 0 Å². The molecule has 0 amide bonds. The number of hydrogen-bond acceptors (Lipinski definition) is 7. The lowest BCUT2D eigenvalue weighted by atomic mass is 9.98. The van der Waals surface area contributed by atoms with Gasteiger partial charge in [0, 0.05) is 50.6 Å². The van der Waals surface area contributed by atoms with Gasteiger partial charge in [-0.1, -0.05) is 19.9 Å². The van der Waals surface area contributed by atoms with Gasteiger partial charge < -0.3 is 25.2 Å². The van der Waals surface area contributed by atoms with E-state index in [0.717, 1.165) is 55.4 Å². The predicted octanol–water partition coefficient (Wildman–Crippen LogP) is 4.67. The van der Waals surface area contributed by atoms with Gasteiger partial charge in [0.25, 0.3) is 0 Å². The molecule has 0 unspecified atom stereocenters. The second-order valence-electron chi connectivity index (χ2n) is 9.83. The van der Waals surface area contributed by atoms with Crippen molar-refractivity contribution in [1.82, 2.24) is 9.80 Å². The van der Waals surface area contributed by atoms with Crippen LogP contribution in [0.3, 0.4) is 0 Å². The van der Waals surface area contributed by atoms with Crippen LogP contribution in [0, 0.1) is 5.82 Å². The molecule has 2 aliphatic rings. The fourth-order valence-corrected chi connectivity index (χ4v) is 4.40. The monoisotopic (exact) mass is 528 g/mol. The Morgan fingerprint density at radius 3 is 2.45 bits per heavy atom. The molecule has 2 aromatic rings. The molecule has 0 spiro atoms. The van der Waals surface area contributed by atoms with Crippen LogP contribution in [0.1, 0.15) is 50.2 Å². The quantitative estimate of drug-likeness (QED) is 0.475. The number of rotatable bonds is 7. The lowest BCUT2D eigenvalue weighted by molar-refractivity contribution is -0.143. The van der Waals surface area contributed by atoms with Crippen molar-refractivity contribution in [3.63, 3.8) is 0 Å². The number of carbonyl (C=O) groups is 2. The third kappa shape index (κ3) is 7.75. The average Bonchev–Trinajstić information content (AvgIpc) is 3.03. The zero-order chi connectivity index (χ0) is 27.8. The number of nitrogens with zero attached hydrogens (tertiary/aromatic N) is 3. The molecule has 38 heavy (non-hydrogen) atoms. The van der Waals surface area contributed by atoms with Crippen LogP contribution in [0.15, 0.2) is 41.4 Å². The Morgan fingerprint density at radius 1 is 1.11 bits per heavy atom. The third-order valence-electron chi connectivity index (χ3n) is 6.69. The molecule has 1 fully saturated rings. The Morgan fingerprint density at radius 2 is 1.82 bits per heavy atom. The van der Waals surface area contributed by atoms with E-state index in [9.17, 15) is 14.0 Å². The summed E-state index contributed by atoms with van der Waals surface area (Å²) in [5.74, 6) is -1.04. The van der Waals surface area contributed by atoms with Gasteiger partial charge in [-0.3, -0.25) is 14.5 Å². The van der Waals surface area contributed by atoms with Gasteiger partial charge >= 0.3 is 11.9 Å². The molecule has 0 aromatic heterocycles. The Hall–Kier alpha value is -3.50. The minimum atomic E-state index is -1.08. The summed E-state index contributed by atoms with van der Waals surface area (Å²) in [6, 6.07) is 11.6. The first-order valence-electron chi connectivity index (χ1n) is 12.8. The highest BCUT2D eigenvalue weighted by Crippen LogP contribution is 2.37. The van der Waals surface area contributed by atoms with E-state index in [4.69, 9.17) is 19.9 Å². The number of nitrogens with one attached hydrogen (secondary N) is 1. The number of benzene rings is 2. The first kappa shape index (κ1) is 29.1. The number of aliphatic carboxylic acids is 2. The van der Waals surface area contributed by atoms with Crippen molar-refractivity contribution in [1.29, 1.82) is 0 Å². The summed E-state index contributed by atoms with van der Waals surface area (Å²) in [7, 11) is 3.93. The van der Waals surface area contributed by atoms with Crippen LogP contribution in [-0.2, 0) is 14.3 Å². The third-order valence-corrected chi connectivity index (χ3v) is 6.69. The van der Waals surface area contributed by atoms with Gasteiger partial charge in [-0.05, 0) is 55.3 Å². The number of anilines is 2. The fourth-order valence-electron chi connectivity index (χ4n) is 4.40. The molecule has 2 aliphatic heterocycles. The Bertz CT molecular complexity index is 1160. The van der Waals surface area contributed by atoms with Gasteiger partial charge in [0.1, 0.15) is 11.7 Å². The smallest absolute Gasteiger partial charge is 0.303 e. The maximum Gasteiger partial charge on any atom is 0.303 e. The molecule has 206 valence electrons. The van der Waals surface area contributed by atoms with Crippen molar-refractivity contribution in [3.8, 4) is 0 Å². The summed E-state index contributed by atoms with van der Waals surface area (Å²) in [6.45, 7) is 7.90. The zero-order valence-electron chi connectivity index (χ0n) is 22.4. The van der Waals surface area contributed by atoms with Crippen LogP contribution in [0.4, 0.5) is 21.5 Å². The maximum absolute atomic E-state index is 13.9. The molecule has 3 N–H and O–H groups in total. The molecular formula is C28H37FN4O5. The minimum Gasteiger partial charge on any atom is -0.481 e. The van der Waals surface area contributed by atoms with Crippen LogP contribution in [0.25, 0.3) is 0 Å². The standard InChI is InChI=1S/C24H31FN4O.C4H6O4/c1-16(2)17-5-7-21-20(13-17)24(27-22-8-6-18(25)14-23(22)26-21)29-11-10-28(3)19(15-29)9-12-30-4;5-3(6)1-2-4(7)8/h5-8,13-14,16,19,26H,9-12,15H2,1-4H3;1-2H2,(H,5,6)(H,7,8)/t19-;/m0./s1. The van der Waals surface area contributed by atoms with Gasteiger partial charge in [0.15, 0.2) is 0 Å². The number of fused-ring (bicyclic) bond motifs is 2. The van der Waals surface area contributed by atoms with Crippen molar-refractivity contribution >= 4 is 34.8 Å². The summed E-state index contributed by atoms with van der Waals surface area (Å²) in [5.41, 5.74) is 4.78. The topological polar surface area (TPSA) is 115 Å². The number of carboxylic acid groups (broad SMARTS) is 2. The first-order valence-corrected chi connectivity index (χ1v) is 12.8. The summed E-state index contributed by atoms with van der Waals surface area (Å²) in [5, 5.41) is 19.2. The van der Waals surface area contributed by atoms with Crippen LogP contribution >= 0.6 is 0 Å². The lowest BCUT2D eigenvalue weighted by Crippen LogP contribution is -2.53. The summed E-state index contributed by atoms with van der Waals surface area (Å²) in [4.78, 5) is 29.1. The number of carboxylic acids is 2. The summed E-state index contributed by atoms with van der Waals surface area (Å²) >= 11 is 0. The van der Waals surface area contributed by atoms with Gasteiger partial charge in [0.2, 0.25) is 0 Å². The van der Waals surface area contributed by atoms with E-state index in [0.29, 0.717) is 17.6 Å². The number of likely N-dealkylation sites (N-methyl/N-ethyl adjacent to an activating group) is 1. The van der Waals surface area contributed by atoms with Crippen molar-refractivity contribution in [3.05, 3.63) is 53.3 Å².